The molecule has 2 aromatic carbocycles. The van der Waals surface area contributed by atoms with Gasteiger partial charge in [-0.1, -0.05) is 54.3 Å². The number of fused-ring (bicyclic) bond motifs is 1. The number of Topliss-reactive ketones (excluding diaryl/α,β-unsaturated/α-hetero) is 2. The van der Waals surface area contributed by atoms with Crippen molar-refractivity contribution in [1.82, 2.24) is 20.6 Å². The normalized spacial score (nSPS) is 13.0. The van der Waals surface area contributed by atoms with Crippen molar-refractivity contribution in [3.8, 4) is 12.3 Å². The molecule has 0 aliphatic heterocycles. The van der Waals surface area contributed by atoms with Crippen LogP contribution in [0, 0.1) is 30.1 Å². The molecule has 0 unspecified atom stereocenters. The summed E-state index contributed by atoms with van der Waals surface area (Å²) < 4.78 is 5.23. The minimum absolute atomic E-state index is 0.0208. The zero-order chi connectivity index (χ0) is 43.5. The molecule has 0 spiro atoms. The van der Waals surface area contributed by atoms with E-state index in [0.29, 0.717) is 54.2 Å². The molecule has 8 N–H and O–H groups in total. The molecular weight excluding hydrogens is 799 g/mol. The molecule has 0 fully saturated rings. The summed E-state index contributed by atoms with van der Waals surface area (Å²) in [6.45, 7) is 6.66. The number of benzene rings is 2. The lowest BCUT2D eigenvalue weighted by Crippen LogP contribution is -2.41. The predicted molar refractivity (Wildman–Crippen MR) is 231 cm³/mol. The van der Waals surface area contributed by atoms with Crippen molar-refractivity contribution in [3.05, 3.63) is 63.9 Å². The third-order valence-corrected chi connectivity index (χ3v) is 11.8. The lowest BCUT2D eigenvalue weighted by molar-refractivity contribution is -0.144. The number of aromatic amines is 1. The van der Waals surface area contributed by atoms with Crippen LogP contribution >= 0.6 is 21.6 Å². The van der Waals surface area contributed by atoms with Gasteiger partial charge in [0, 0.05) is 79.9 Å². The first-order chi connectivity index (χ1) is 28.1. The van der Waals surface area contributed by atoms with Gasteiger partial charge in [0.1, 0.15) is 24.2 Å². The number of nitrogen functional groups attached to an aromatic ring is 1. The fourth-order valence-electron chi connectivity index (χ4n) is 5.90. The predicted octanol–water partition coefficient (Wildman–Crippen LogP) is 3.32. The number of amides is 2. The first-order valence-corrected chi connectivity index (χ1v) is 21.6. The molecule has 0 aliphatic carbocycles. The molecule has 1 aromatic heterocycles. The van der Waals surface area contributed by atoms with Crippen LogP contribution in [0.2, 0.25) is 0 Å². The van der Waals surface area contributed by atoms with Gasteiger partial charge in [0.15, 0.2) is 0 Å². The number of terminal acetylenes is 1. The number of hydrogen-bond acceptors (Lipinski definition) is 14. The topological polar surface area (TPSA) is 257 Å². The Kier molecular flexibility index (Phi) is 19.9. The Bertz CT molecular complexity index is 2040. The molecule has 4 atom stereocenters. The third-order valence-electron chi connectivity index (χ3n) is 9.47. The van der Waals surface area contributed by atoms with Crippen molar-refractivity contribution in [2.45, 2.75) is 65.5 Å². The number of nitrogens with zero attached hydrogens (tertiary/aromatic N) is 2. The van der Waals surface area contributed by atoms with E-state index in [0.717, 1.165) is 5.56 Å². The molecule has 16 nitrogen and oxygen atoms in total. The van der Waals surface area contributed by atoms with Crippen molar-refractivity contribution in [2.24, 2.45) is 23.5 Å². The van der Waals surface area contributed by atoms with E-state index >= 15 is 0 Å². The Hall–Kier alpha value is -5.38. The molecule has 0 saturated carbocycles. The summed E-state index contributed by atoms with van der Waals surface area (Å²) in [5.41, 5.74) is 12.8. The first kappa shape index (κ1) is 48.0. The van der Waals surface area contributed by atoms with Gasteiger partial charge < -0.3 is 36.8 Å². The molecule has 0 bridgehead atoms. The fraction of sp³-hybridized carbons (Fsp3) is 0.463. The largest absolute Gasteiger partial charge is 0.480 e. The summed E-state index contributed by atoms with van der Waals surface area (Å²) in [5, 5.41) is 15.2. The van der Waals surface area contributed by atoms with Crippen LogP contribution in [0.25, 0.3) is 10.9 Å². The minimum atomic E-state index is -1.34. The van der Waals surface area contributed by atoms with E-state index in [1.807, 2.05) is 17.9 Å². The summed E-state index contributed by atoms with van der Waals surface area (Å²) in [5.74, 6) is -0.158. The van der Waals surface area contributed by atoms with Crippen molar-refractivity contribution in [1.29, 1.82) is 0 Å². The van der Waals surface area contributed by atoms with Gasteiger partial charge in [-0.2, -0.15) is 0 Å². The molecular formula is C41H53N7O9S2. The minimum Gasteiger partial charge on any atom is -0.480 e. The molecule has 318 valence electrons. The van der Waals surface area contributed by atoms with Crippen molar-refractivity contribution >= 4 is 79.4 Å². The van der Waals surface area contributed by atoms with Crippen LogP contribution in [0.1, 0.15) is 68.8 Å². The number of carbonyl (C=O) groups is 6. The van der Waals surface area contributed by atoms with Gasteiger partial charge >= 0.3 is 11.9 Å². The van der Waals surface area contributed by atoms with Gasteiger partial charge in [0.2, 0.25) is 11.9 Å². The van der Waals surface area contributed by atoms with Gasteiger partial charge in [-0.15, -0.1) is 6.42 Å². The number of H-pyrrole nitrogens is 1. The van der Waals surface area contributed by atoms with Gasteiger partial charge in [-0.3, -0.25) is 33.8 Å². The average Bonchev–Trinajstić information content (AvgIpc) is 3.20. The van der Waals surface area contributed by atoms with E-state index < -0.39 is 29.8 Å². The first-order valence-electron chi connectivity index (χ1n) is 19.2. The molecule has 3 aromatic rings. The summed E-state index contributed by atoms with van der Waals surface area (Å²) in [6, 6.07) is 10.3. The van der Waals surface area contributed by atoms with E-state index in [9.17, 15) is 38.7 Å². The number of rotatable bonds is 26. The summed E-state index contributed by atoms with van der Waals surface area (Å²) in [6.07, 6.45) is 5.89. The monoisotopic (exact) mass is 851 g/mol. The highest BCUT2D eigenvalue weighted by Crippen LogP contribution is 2.25. The molecule has 2 amide bonds. The van der Waals surface area contributed by atoms with E-state index in [4.69, 9.17) is 22.6 Å². The number of ether oxygens (including phenoxy) is 1. The zero-order valence-electron chi connectivity index (χ0n) is 33.5. The number of aliphatic carboxylic acids is 1. The van der Waals surface area contributed by atoms with Crippen LogP contribution in [-0.2, 0) is 35.3 Å². The van der Waals surface area contributed by atoms with Crippen LogP contribution < -0.4 is 32.6 Å². The molecule has 18 heteroatoms. The van der Waals surface area contributed by atoms with Crippen LogP contribution in [-0.4, -0.2) is 94.2 Å². The SMILES string of the molecule is C#CCN(Cc1ccc2nc(N)[nH]c(=O)c2c1)c1ccc(C(=O)N[C@@H](CCC(=O)OCCSSCCC(=O)C[C@@H](C)[C@@H](C)C(=O)C[C@@H](C)C(=O)NCCN)C(=O)O)cc1. The second-order valence-corrected chi connectivity index (χ2v) is 16.8. The Morgan fingerprint density at radius 3 is 2.41 bits per heavy atom. The zero-order valence-corrected chi connectivity index (χ0v) is 35.1. The van der Waals surface area contributed by atoms with Crippen LogP contribution in [0.15, 0.2) is 47.3 Å². The van der Waals surface area contributed by atoms with Gasteiger partial charge in [-0.25, -0.2) is 9.78 Å². The lowest BCUT2D eigenvalue weighted by Gasteiger charge is -2.23. The van der Waals surface area contributed by atoms with Crippen LogP contribution in [0.5, 0.6) is 0 Å². The smallest absolute Gasteiger partial charge is 0.326 e. The number of anilines is 2. The number of nitrogens with two attached hydrogens (primary N) is 2. The quantitative estimate of drug-likeness (QED) is 0.0293. The Morgan fingerprint density at radius 1 is 1.02 bits per heavy atom. The fourth-order valence-corrected chi connectivity index (χ4v) is 7.76. The van der Waals surface area contributed by atoms with E-state index in [2.05, 4.69) is 26.5 Å². The van der Waals surface area contributed by atoms with Gasteiger partial charge in [0.05, 0.1) is 17.4 Å². The van der Waals surface area contributed by atoms with E-state index in [-0.39, 0.29) is 85.2 Å². The number of esters is 1. The highest BCUT2D eigenvalue weighted by molar-refractivity contribution is 8.76. The number of carboxylic acids is 1. The number of carbonyl (C=O) groups excluding carboxylic acids is 5. The maximum atomic E-state index is 13.0. The molecule has 1 heterocycles. The maximum Gasteiger partial charge on any atom is 0.326 e. The maximum absolute atomic E-state index is 13.0. The summed E-state index contributed by atoms with van der Waals surface area (Å²) in [4.78, 5) is 95.3. The number of ketones is 2. The van der Waals surface area contributed by atoms with E-state index in [1.54, 1.807) is 38.1 Å². The average molecular weight is 852 g/mol. The highest BCUT2D eigenvalue weighted by atomic mass is 33.1. The Labute approximate surface area is 351 Å². The van der Waals surface area contributed by atoms with Crippen molar-refractivity contribution < 1.29 is 38.6 Å². The molecule has 0 radical (unpaired) electrons. The Balaban J connectivity index is 1.36. The number of carboxylic acid groups (broad SMARTS) is 1. The van der Waals surface area contributed by atoms with Crippen LogP contribution in [0.4, 0.5) is 11.6 Å². The van der Waals surface area contributed by atoms with E-state index in [1.165, 1.54) is 33.7 Å². The van der Waals surface area contributed by atoms with Crippen molar-refractivity contribution in [3.63, 3.8) is 0 Å². The molecule has 59 heavy (non-hydrogen) atoms. The standard InChI is InChI=1S/C41H53N7O9S2/c1-5-17-48(24-28-6-11-33-32(23-28)39(54)47-41(43)46-33)30-9-7-29(8-10-30)38(53)45-34(40(55)56)12-13-36(51)57-18-20-59-58-19-14-31(49)21-25(2)27(4)35(50)22-26(3)37(52)44-16-15-42/h1,6-11,23,25-27,34H,12-22,24,42H2,2-4H3,(H,44,52)(H,45,53)(H,55,56)(H3,43,46,47,54)/t25-,26-,27-,34+/m1/s1. The summed E-state index contributed by atoms with van der Waals surface area (Å²) >= 11 is 0. The molecule has 3 rings (SSSR count). The lowest BCUT2D eigenvalue weighted by atomic mass is 9.84. The van der Waals surface area contributed by atoms with Crippen molar-refractivity contribution in [2.75, 3.05) is 48.4 Å². The Morgan fingerprint density at radius 2 is 1.73 bits per heavy atom. The van der Waals surface area contributed by atoms with Crippen LogP contribution in [0.3, 0.4) is 0 Å². The van der Waals surface area contributed by atoms with Gasteiger partial charge in [-0.05, 0) is 54.3 Å². The van der Waals surface area contributed by atoms with Gasteiger partial charge in [0.25, 0.3) is 11.5 Å². The number of nitrogens with one attached hydrogen (secondary N) is 3. The molecule has 0 saturated heterocycles. The number of hydrogen-bond donors (Lipinski definition) is 6. The molecule has 0 aliphatic rings. The summed E-state index contributed by atoms with van der Waals surface area (Å²) in [7, 11) is 2.89. The third kappa shape index (κ3) is 16.1. The second-order valence-electron chi connectivity index (χ2n) is 14.1. The highest BCUT2D eigenvalue weighted by Gasteiger charge is 2.26. The number of aromatic nitrogens is 2. The second kappa shape index (κ2) is 24.5.